The van der Waals surface area contributed by atoms with Crippen LogP contribution in [0, 0.1) is 6.92 Å². The Morgan fingerprint density at radius 3 is 2.16 bits per heavy atom. The Kier molecular flexibility index (Phi) is 5.69. The van der Waals surface area contributed by atoms with E-state index in [2.05, 4.69) is 0 Å². The van der Waals surface area contributed by atoms with Gasteiger partial charge in [-0.1, -0.05) is 54.1 Å². The lowest BCUT2D eigenvalue weighted by molar-refractivity contribution is -0.132. The molecule has 1 heterocycles. The third-order valence-electron chi connectivity index (χ3n) is 5.53. The number of methoxy groups -OCH3 is 2. The van der Waals surface area contributed by atoms with Crippen molar-refractivity contribution in [3.8, 4) is 11.5 Å². The average Bonchev–Trinajstić information content (AvgIpc) is 3.09. The number of carbonyl (C=O) groups is 2. The molecule has 1 unspecified atom stereocenters. The van der Waals surface area contributed by atoms with Crippen LogP contribution in [0.2, 0.25) is 0 Å². The molecule has 0 bridgehead atoms. The maximum absolute atomic E-state index is 13.2. The molecule has 1 fully saturated rings. The number of aliphatic hydroxyl groups is 1. The van der Waals surface area contributed by atoms with Gasteiger partial charge in [0.25, 0.3) is 11.7 Å². The van der Waals surface area contributed by atoms with Gasteiger partial charge in [-0.3, -0.25) is 14.5 Å². The molecule has 0 spiro atoms. The minimum absolute atomic E-state index is 0.0222. The van der Waals surface area contributed by atoms with Gasteiger partial charge in [-0.2, -0.15) is 0 Å². The van der Waals surface area contributed by atoms with E-state index in [0.29, 0.717) is 28.3 Å². The normalized spacial score (nSPS) is 17.5. The highest BCUT2D eigenvalue weighted by atomic mass is 16.5. The minimum Gasteiger partial charge on any atom is -0.507 e. The van der Waals surface area contributed by atoms with Crippen LogP contribution in [-0.4, -0.2) is 31.0 Å². The third-order valence-corrected chi connectivity index (χ3v) is 5.53. The number of amides is 1. The van der Waals surface area contributed by atoms with Gasteiger partial charge in [0.1, 0.15) is 5.76 Å². The van der Waals surface area contributed by atoms with Gasteiger partial charge >= 0.3 is 0 Å². The molecule has 162 valence electrons. The molecule has 1 N–H and O–H groups in total. The summed E-state index contributed by atoms with van der Waals surface area (Å²) < 4.78 is 10.8. The summed E-state index contributed by atoms with van der Waals surface area (Å²) in [5.41, 5.74) is 2.68. The molecule has 3 aromatic carbocycles. The lowest BCUT2D eigenvalue weighted by Gasteiger charge is -2.26. The fourth-order valence-corrected chi connectivity index (χ4v) is 3.89. The van der Waals surface area contributed by atoms with E-state index in [-0.39, 0.29) is 11.3 Å². The summed E-state index contributed by atoms with van der Waals surface area (Å²) >= 11 is 0. The summed E-state index contributed by atoms with van der Waals surface area (Å²) in [7, 11) is 3.05. The first kappa shape index (κ1) is 21.2. The molecule has 1 amide bonds. The van der Waals surface area contributed by atoms with Crippen molar-refractivity contribution in [2.45, 2.75) is 13.0 Å². The van der Waals surface area contributed by atoms with Crippen molar-refractivity contribution >= 4 is 23.1 Å². The van der Waals surface area contributed by atoms with E-state index in [9.17, 15) is 14.7 Å². The maximum atomic E-state index is 13.2. The number of nitrogens with zero attached hydrogens (tertiary/aromatic N) is 1. The van der Waals surface area contributed by atoms with Crippen LogP contribution in [0.3, 0.4) is 0 Å². The van der Waals surface area contributed by atoms with Crippen LogP contribution < -0.4 is 14.4 Å². The zero-order valence-electron chi connectivity index (χ0n) is 18.0. The van der Waals surface area contributed by atoms with Crippen molar-refractivity contribution in [1.82, 2.24) is 0 Å². The summed E-state index contributed by atoms with van der Waals surface area (Å²) in [6, 6.07) is 20.4. The number of hydrogen-bond donors (Lipinski definition) is 1. The molecule has 1 saturated heterocycles. The quantitative estimate of drug-likeness (QED) is 0.363. The van der Waals surface area contributed by atoms with Crippen LogP contribution in [0.15, 0.2) is 78.4 Å². The molecule has 1 atom stereocenters. The van der Waals surface area contributed by atoms with Crippen molar-refractivity contribution in [3.05, 3.63) is 95.1 Å². The van der Waals surface area contributed by atoms with Gasteiger partial charge < -0.3 is 14.6 Å². The Balaban J connectivity index is 1.96. The van der Waals surface area contributed by atoms with Gasteiger partial charge in [0.2, 0.25) is 0 Å². The summed E-state index contributed by atoms with van der Waals surface area (Å²) in [4.78, 5) is 27.8. The number of ketones is 1. The molecule has 0 aromatic heterocycles. The van der Waals surface area contributed by atoms with Gasteiger partial charge in [0.15, 0.2) is 11.5 Å². The van der Waals surface area contributed by atoms with Crippen LogP contribution in [-0.2, 0) is 9.59 Å². The molecule has 0 saturated carbocycles. The van der Waals surface area contributed by atoms with E-state index in [1.165, 1.54) is 19.1 Å². The van der Waals surface area contributed by atoms with E-state index in [1.807, 2.05) is 25.1 Å². The van der Waals surface area contributed by atoms with Crippen LogP contribution >= 0.6 is 0 Å². The lowest BCUT2D eigenvalue weighted by atomic mass is 9.94. The summed E-state index contributed by atoms with van der Waals surface area (Å²) in [5, 5.41) is 11.1. The first-order valence-corrected chi connectivity index (χ1v) is 10.1. The van der Waals surface area contributed by atoms with Crippen LogP contribution in [0.1, 0.15) is 22.7 Å². The van der Waals surface area contributed by atoms with Crippen molar-refractivity contribution in [1.29, 1.82) is 0 Å². The summed E-state index contributed by atoms with van der Waals surface area (Å²) in [6.45, 7) is 1.94. The molecule has 6 heteroatoms. The largest absolute Gasteiger partial charge is 0.507 e. The van der Waals surface area contributed by atoms with Crippen LogP contribution in [0.5, 0.6) is 11.5 Å². The van der Waals surface area contributed by atoms with E-state index in [4.69, 9.17) is 9.47 Å². The highest BCUT2D eigenvalue weighted by Gasteiger charge is 2.47. The Hall–Kier alpha value is -4.06. The third kappa shape index (κ3) is 3.60. The predicted molar refractivity (Wildman–Crippen MR) is 122 cm³/mol. The fraction of sp³-hybridized carbons (Fsp3) is 0.154. The van der Waals surface area contributed by atoms with Gasteiger partial charge in [0.05, 0.1) is 25.8 Å². The Morgan fingerprint density at radius 2 is 1.53 bits per heavy atom. The second-order valence-corrected chi connectivity index (χ2v) is 7.49. The van der Waals surface area contributed by atoms with Gasteiger partial charge in [-0.15, -0.1) is 0 Å². The van der Waals surface area contributed by atoms with Crippen LogP contribution in [0.4, 0.5) is 5.69 Å². The Labute approximate surface area is 186 Å². The SMILES string of the molecule is COc1ccc(C2/C(=C(\O)c3ccccc3)C(=O)C(=O)N2c2ccc(C)cc2)cc1OC. The lowest BCUT2D eigenvalue weighted by Crippen LogP contribution is -2.29. The van der Waals surface area contributed by atoms with Crippen molar-refractivity contribution < 1.29 is 24.2 Å². The van der Waals surface area contributed by atoms with Gasteiger partial charge in [-0.05, 0) is 36.8 Å². The molecule has 4 rings (SSSR count). The molecule has 0 radical (unpaired) electrons. The monoisotopic (exact) mass is 429 g/mol. The number of carbonyl (C=O) groups excluding carboxylic acids is 2. The zero-order chi connectivity index (χ0) is 22.8. The Bertz CT molecular complexity index is 1200. The first-order chi connectivity index (χ1) is 15.5. The molecule has 1 aliphatic heterocycles. The number of hydrogen-bond acceptors (Lipinski definition) is 5. The molecule has 0 aliphatic carbocycles. The van der Waals surface area contributed by atoms with Crippen molar-refractivity contribution in [2.24, 2.45) is 0 Å². The number of rotatable bonds is 5. The summed E-state index contributed by atoms with van der Waals surface area (Å²) in [5.74, 6) is -0.693. The fourth-order valence-electron chi connectivity index (χ4n) is 3.89. The highest BCUT2D eigenvalue weighted by Crippen LogP contribution is 2.44. The van der Waals surface area contributed by atoms with Crippen molar-refractivity contribution in [2.75, 3.05) is 19.1 Å². The summed E-state index contributed by atoms with van der Waals surface area (Å²) in [6.07, 6.45) is 0. The molecule has 3 aromatic rings. The predicted octanol–water partition coefficient (Wildman–Crippen LogP) is 4.64. The topological polar surface area (TPSA) is 76.1 Å². The average molecular weight is 429 g/mol. The number of aliphatic hydroxyl groups excluding tert-OH is 1. The highest BCUT2D eigenvalue weighted by molar-refractivity contribution is 6.51. The number of Topliss-reactive ketones (excluding diaryl/α,β-unsaturated/α-hetero) is 1. The van der Waals surface area contributed by atoms with E-state index in [0.717, 1.165) is 5.56 Å². The first-order valence-electron chi connectivity index (χ1n) is 10.1. The van der Waals surface area contributed by atoms with E-state index >= 15 is 0 Å². The number of aryl methyl sites for hydroxylation is 1. The molecule has 32 heavy (non-hydrogen) atoms. The molecule has 6 nitrogen and oxygen atoms in total. The maximum Gasteiger partial charge on any atom is 0.300 e. The second-order valence-electron chi connectivity index (χ2n) is 7.49. The molecular formula is C26H23NO5. The minimum atomic E-state index is -0.835. The number of ether oxygens (including phenoxy) is 2. The van der Waals surface area contributed by atoms with Gasteiger partial charge in [-0.25, -0.2) is 0 Å². The van der Waals surface area contributed by atoms with Gasteiger partial charge in [0, 0.05) is 11.3 Å². The Morgan fingerprint density at radius 1 is 0.875 bits per heavy atom. The zero-order valence-corrected chi connectivity index (χ0v) is 18.0. The van der Waals surface area contributed by atoms with Crippen molar-refractivity contribution in [3.63, 3.8) is 0 Å². The van der Waals surface area contributed by atoms with E-state index < -0.39 is 17.7 Å². The molecule has 1 aliphatic rings. The number of anilines is 1. The standard InChI is InChI=1S/C26H23NO5/c1-16-9-12-19(13-10-16)27-23(18-11-14-20(31-2)21(15-18)32-3)22(25(29)26(27)30)24(28)17-7-5-4-6-8-17/h4-15,23,28H,1-3H3/b24-22+. The second kappa shape index (κ2) is 8.59. The smallest absolute Gasteiger partial charge is 0.300 e. The van der Waals surface area contributed by atoms with Crippen LogP contribution in [0.25, 0.3) is 5.76 Å². The van der Waals surface area contributed by atoms with E-state index in [1.54, 1.807) is 54.6 Å². The number of benzene rings is 3. The molecular weight excluding hydrogens is 406 g/mol.